The van der Waals surface area contributed by atoms with E-state index in [1.165, 1.54) is 46.0 Å². The standard InChI is InChI=1S/C23H22F2N2O3S2/c24-18-9-7-16(8-10-18)22(20-5-3-15-31-20)26-23(28)17-11-13-27(14-12-17)32(29,30)21-6-2-1-4-19(21)25/h1-10,15,17,22H,11-14H2,(H,26,28)/t22-/m0/s1. The first-order valence-corrected chi connectivity index (χ1v) is 12.5. The van der Waals surface area contributed by atoms with Gasteiger partial charge in [0.2, 0.25) is 15.9 Å². The molecule has 1 fully saturated rings. The Morgan fingerprint density at radius 1 is 1.00 bits per heavy atom. The first-order valence-electron chi connectivity index (χ1n) is 10.2. The van der Waals surface area contributed by atoms with Crippen molar-refractivity contribution in [1.29, 1.82) is 0 Å². The molecular formula is C23H22F2N2O3S2. The fraction of sp³-hybridized carbons (Fsp3) is 0.261. The van der Waals surface area contributed by atoms with Crippen molar-refractivity contribution in [2.24, 2.45) is 5.92 Å². The molecule has 32 heavy (non-hydrogen) atoms. The molecule has 1 aliphatic heterocycles. The molecule has 9 heteroatoms. The Morgan fingerprint density at radius 2 is 1.69 bits per heavy atom. The number of nitrogens with zero attached hydrogens (tertiary/aromatic N) is 1. The number of thiophene rings is 1. The average molecular weight is 477 g/mol. The Balaban J connectivity index is 1.44. The summed E-state index contributed by atoms with van der Waals surface area (Å²) in [6.07, 6.45) is 0.667. The SMILES string of the molecule is O=C(N[C@@H](c1ccc(F)cc1)c1cccs1)C1CCN(S(=O)(=O)c2ccccc2F)CC1. The zero-order chi connectivity index (χ0) is 22.7. The van der Waals surface area contributed by atoms with Gasteiger partial charge in [-0.2, -0.15) is 4.31 Å². The van der Waals surface area contributed by atoms with E-state index in [-0.39, 0.29) is 35.6 Å². The van der Waals surface area contributed by atoms with Crippen molar-refractivity contribution in [1.82, 2.24) is 9.62 Å². The second kappa shape index (κ2) is 9.48. The molecule has 1 atom stereocenters. The lowest BCUT2D eigenvalue weighted by Crippen LogP contribution is -2.43. The molecule has 4 rings (SSSR count). The number of hydrogen-bond acceptors (Lipinski definition) is 4. The van der Waals surface area contributed by atoms with Crippen LogP contribution in [0.15, 0.2) is 70.9 Å². The van der Waals surface area contributed by atoms with E-state index in [0.29, 0.717) is 12.8 Å². The third-order valence-electron chi connectivity index (χ3n) is 5.60. The van der Waals surface area contributed by atoms with Crippen LogP contribution in [0.2, 0.25) is 0 Å². The van der Waals surface area contributed by atoms with Crippen molar-refractivity contribution < 1.29 is 22.0 Å². The van der Waals surface area contributed by atoms with Gasteiger partial charge in [0.15, 0.2) is 0 Å². The van der Waals surface area contributed by atoms with Crippen LogP contribution in [0.5, 0.6) is 0 Å². The minimum atomic E-state index is -3.95. The summed E-state index contributed by atoms with van der Waals surface area (Å²) in [5.41, 5.74) is 0.766. The van der Waals surface area contributed by atoms with Gasteiger partial charge in [-0.05, 0) is 54.1 Å². The molecule has 3 aromatic rings. The minimum absolute atomic E-state index is 0.134. The number of nitrogens with one attached hydrogen (secondary N) is 1. The van der Waals surface area contributed by atoms with E-state index in [4.69, 9.17) is 0 Å². The largest absolute Gasteiger partial charge is 0.344 e. The normalized spacial score (nSPS) is 16.6. The second-order valence-corrected chi connectivity index (χ2v) is 10.5. The van der Waals surface area contributed by atoms with Crippen LogP contribution in [0.3, 0.4) is 0 Å². The van der Waals surface area contributed by atoms with Crippen molar-refractivity contribution >= 4 is 27.3 Å². The van der Waals surface area contributed by atoms with E-state index in [0.717, 1.165) is 16.5 Å². The maximum absolute atomic E-state index is 14.0. The van der Waals surface area contributed by atoms with Crippen LogP contribution in [-0.2, 0) is 14.8 Å². The van der Waals surface area contributed by atoms with Gasteiger partial charge in [-0.1, -0.05) is 30.3 Å². The van der Waals surface area contributed by atoms with Crippen molar-refractivity contribution in [3.8, 4) is 0 Å². The fourth-order valence-electron chi connectivity index (χ4n) is 3.84. The number of sulfonamides is 1. The number of carbonyl (C=O) groups is 1. The van der Waals surface area contributed by atoms with E-state index in [1.54, 1.807) is 12.1 Å². The monoisotopic (exact) mass is 476 g/mol. The van der Waals surface area contributed by atoms with Crippen LogP contribution in [0.1, 0.15) is 29.3 Å². The molecule has 0 unspecified atom stereocenters. The molecular weight excluding hydrogens is 454 g/mol. The summed E-state index contributed by atoms with van der Waals surface area (Å²) < 4.78 is 54.2. The van der Waals surface area contributed by atoms with E-state index in [9.17, 15) is 22.0 Å². The van der Waals surface area contributed by atoms with Crippen molar-refractivity contribution in [3.63, 3.8) is 0 Å². The third-order valence-corrected chi connectivity index (χ3v) is 8.47. The fourth-order valence-corrected chi connectivity index (χ4v) is 6.18. The van der Waals surface area contributed by atoms with Crippen LogP contribution in [0.4, 0.5) is 8.78 Å². The average Bonchev–Trinajstić information content (AvgIpc) is 3.33. The predicted molar refractivity (Wildman–Crippen MR) is 119 cm³/mol. The summed E-state index contributed by atoms with van der Waals surface area (Å²) in [7, 11) is -3.95. The van der Waals surface area contributed by atoms with Crippen LogP contribution in [0, 0.1) is 17.6 Å². The van der Waals surface area contributed by atoms with E-state index >= 15 is 0 Å². The predicted octanol–water partition coefficient (Wildman–Crippen LogP) is 4.33. The lowest BCUT2D eigenvalue weighted by molar-refractivity contribution is -0.126. The molecule has 168 valence electrons. The number of carbonyl (C=O) groups excluding carboxylic acids is 1. The molecule has 1 N–H and O–H groups in total. The van der Waals surface area contributed by atoms with Crippen molar-refractivity contribution in [3.05, 3.63) is 88.1 Å². The summed E-state index contributed by atoms with van der Waals surface area (Å²) in [6, 6.07) is 14.7. The molecule has 2 aromatic carbocycles. The molecule has 1 saturated heterocycles. The van der Waals surface area contributed by atoms with Gasteiger partial charge in [-0.25, -0.2) is 17.2 Å². The number of halogens is 2. The van der Waals surface area contributed by atoms with Gasteiger partial charge in [0.1, 0.15) is 16.5 Å². The minimum Gasteiger partial charge on any atom is -0.344 e. The van der Waals surface area contributed by atoms with Crippen LogP contribution >= 0.6 is 11.3 Å². The van der Waals surface area contributed by atoms with E-state index < -0.39 is 21.9 Å². The molecule has 0 bridgehead atoms. The van der Waals surface area contributed by atoms with Gasteiger partial charge in [0, 0.05) is 23.9 Å². The van der Waals surface area contributed by atoms with Crippen LogP contribution in [0.25, 0.3) is 0 Å². The quantitative estimate of drug-likeness (QED) is 0.576. The summed E-state index contributed by atoms with van der Waals surface area (Å²) in [5.74, 6) is -1.69. The third kappa shape index (κ3) is 4.74. The Kier molecular flexibility index (Phi) is 6.68. The molecule has 0 aliphatic carbocycles. The Morgan fingerprint density at radius 3 is 2.31 bits per heavy atom. The summed E-state index contributed by atoms with van der Waals surface area (Å²) in [6.45, 7) is 0.268. The maximum Gasteiger partial charge on any atom is 0.245 e. The van der Waals surface area contributed by atoms with E-state index in [1.807, 2.05) is 17.5 Å². The Labute approximate surface area is 189 Å². The molecule has 1 aliphatic rings. The molecule has 0 radical (unpaired) electrons. The van der Waals surface area contributed by atoms with Crippen molar-refractivity contribution in [2.45, 2.75) is 23.8 Å². The van der Waals surface area contributed by atoms with Gasteiger partial charge in [-0.3, -0.25) is 4.79 Å². The zero-order valence-electron chi connectivity index (χ0n) is 17.1. The van der Waals surface area contributed by atoms with Gasteiger partial charge < -0.3 is 5.32 Å². The highest BCUT2D eigenvalue weighted by atomic mass is 32.2. The highest BCUT2D eigenvalue weighted by molar-refractivity contribution is 7.89. The van der Waals surface area contributed by atoms with Crippen molar-refractivity contribution in [2.75, 3.05) is 13.1 Å². The van der Waals surface area contributed by atoms with Gasteiger partial charge in [-0.15, -0.1) is 11.3 Å². The Bertz CT molecular complexity index is 1170. The Hall–Kier alpha value is -2.62. The smallest absolute Gasteiger partial charge is 0.245 e. The first kappa shape index (κ1) is 22.6. The second-order valence-electron chi connectivity index (χ2n) is 7.62. The summed E-state index contributed by atoms with van der Waals surface area (Å²) >= 11 is 1.49. The topological polar surface area (TPSA) is 66.5 Å². The van der Waals surface area contributed by atoms with Gasteiger partial charge in [0.05, 0.1) is 6.04 Å². The molecule has 5 nitrogen and oxygen atoms in total. The summed E-state index contributed by atoms with van der Waals surface area (Å²) in [5, 5.41) is 4.95. The lowest BCUT2D eigenvalue weighted by Gasteiger charge is -2.31. The molecule has 1 amide bonds. The molecule has 0 spiro atoms. The van der Waals surface area contributed by atoms with E-state index in [2.05, 4.69) is 5.32 Å². The number of rotatable bonds is 6. The molecule has 1 aromatic heterocycles. The lowest BCUT2D eigenvalue weighted by atomic mass is 9.96. The molecule has 0 saturated carbocycles. The van der Waals surface area contributed by atoms with Crippen LogP contribution < -0.4 is 5.32 Å². The van der Waals surface area contributed by atoms with Gasteiger partial charge >= 0.3 is 0 Å². The highest BCUT2D eigenvalue weighted by Crippen LogP contribution is 2.29. The zero-order valence-corrected chi connectivity index (χ0v) is 18.7. The first-order chi connectivity index (χ1) is 15.4. The number of hydrogen-bond donors (Lipinski definition) is 1. The summed E-state index contributed by atoms with van der Waals surface area (Å²) in [4.78, 5) is 13.6. The molecule has 2 heterocycles. The van der Waals surface area contributed by atoms with Crippen LogP contribution in [-0.4, -0.2) is 31.7 Å². The number of amides is 1. The van der Waals surface area contributed by atoms with Gasteiger partial charge in [0.25, 0.3) is 0 Å². The highest BCUT2D eigenvalue weighted by Gasteiger charge is 2.34. The number of benzene rings is 2. The maximum atomic E-state index is 14.0. The number of piperidine rings is 1.